The molecule has 1 N–H and O–H groups in total. The van der Waals surface area contributed by atoms with E-state index >= 15 is 0 Å². The summed E-state index contributed by atoms with van der Waals surface area (Å²) in [6, 6.07) is 2.79. The number of hydrogen-bond acceptors (Lipinski definition) is 4. The minimum absolute atomic E-state index is 0.00659. The minimum Gasteiger partial charge on any atom is -0.469 e. The normalized spacial score (nSPS) is 11.9. The first-order valence-electron chi connectivity index (χ1n) is 4.63. The van der Waals surface area contributed by atoms with E-state index in [1.165, 1.54) is 13.4 Å². The largest absolute Gasteiger partial charge is 0.469 e. The number of esters is 1. The van der Waals surface area contributed by atoms with E-state index in [1.54, 1.807) is 12.1 Å². The van der Waals surface area contributed by atoms with Crippen molar-refractivity contribution in [1.82, 2.24) is 5.32 Å². The predicted molar refractivity (Wildman–Crippen MR) is 56.9 cm³/mol. The number of amides is 1. The van der Waals surface area contributed by atoms with Crippen LogP contribution in [0.5, 0.6) is 0 Å². The van der Waals surface area contributed by atoms with Gasteiger partial charge in [0.05, 0.1) is 25.8 Å². The molecule has 1 rings (SSSR count). The van der Waals surface area contributed by atoms with Crippen molar-refractivity contribution in [2.75, 3.05) is 13.0 Å². The Morgan fingerprint density at radius 1 is 1.62 bits per heavy atom. The number of carbonyl (C=O) groups is 2. The summed E-state index contributed by atoms with van der Waals surface area (Å²) < 4.78 is 9.65. The number of alkyl halides is 1. The van der Waals surface area contributed by atoms with Crippen molar-refractivity contribution in [3.05, 3.63) is 24.2 Å². The Morgan fingerprint density at radius 2 is 2.38 bits per heavy atom. The van der Waals surface area contributed by atoms with Crippen LogP contribution in [0.1, 0.15) is 18.2 Å². The lowest BCUT2D eigenvalue weighted by Crippen LogP contribution is -2.31. The van der Waals surface area contributed by atoms with Crippen molar-refractivity contribution in [1.29, 1.82) is 0 Å². The molecular weight excluding hydrogens is 234 g/mol. The quantitative estimate of drug-likeness (QED) is 0.626. The molecule has 1 amide bonds. The van der Waals surface area contributed by atoms with Gasteiger partial charge in [-0.3, -0.25) is 9.59 Å². The monoisotopic (exact) mass is 245 g/mol. The number of halogens is 1. The molecule has 1 aromatic heterocycles. The van der Waals surface area contributed by atoms with E-state index in [4.69, 9.17) is 16.0 Å². The molecule has 0 aliphatic heterocycles. The van der Waals surface area contributed by atoms with Gasteiger partial charge in [-0.2, -0.15) is 0 Å². The summed E-state index contributed by atoms with van der Waals surface area (Å²) in [5, 5.41) is 2.57. The second-order valence-corrected chi connectivity index (χ2v) is 3.32. The van der Waals surface area contributed by atoms with Crippen molar-refractivity contribution in [3.63, 3.8) is 0 Å². The van der Waals surface area contributed by atoms with E-state index in [0.717, 1.165) is 0 Å². The zero-order valence-corrected chi connectivity index (χ0v) is 9.49. The van der Waals surface area contributed by atoms with Crippen molar-refractivity contribution in [2.45, 2.75) is 12.5 Å². The molecule has 1 heterocycles. The second kappa shape index (κ2) is 6.17. The zero-order valence-electron chi connectivity index (χ0n) is 8.73. The first kappa shape index (κ1) is 12.6. The molecular formula is C10H12ClNO4. The molecule has 0 fully saturated rings. The number of furan rings is 1. The van der Waals surface area contributed by atoms with Gasteiger partial charge in [0.25, 0.3) is 0 Å². The van der Waals surface area contributed by atoms with Gasteiger partial charge in [0, 0.05) is 0 Å². The van der Waals surface area contributed by atoms with E-state index in [1.807, 2.05) is 0 Å². The fraction of sp³-hybridized carbons (Fsp3) is 0.400. The maximum atomic E-state index is 11.2. The van der Waals surface area contributed by atoms with Crippen LogP contribution in [-0.4, -0.2) is 24.9 Å². The fourth-order valence-corrected chi connectivity index (χ4v) is 1.27. The van der Waals surface area contributed by atoms with Gasteiger partial charge in [-0.25, -0.2) is 0 Å². The molecule has 0 aromatic carbocycles. The van der Waals surface area contributed by atoms with Gasteiger partial charge in [0.15, 0.2) is 0 Å². The average Bonchev–Trinajstić information content (AvgIpc) is 2.81. The highest BCUT2D eigenvalue weighted by atomic mass is 35.5. The van der Waals surface area contributed by atoms with Crippen LogP contribution in [0.2, 0.25) is 0 Å². The molecule has 6 heteroatoms. The smallest absolute Gasteiger partial charge is 0.308 e. The molecule has 1 atom stereocenters. The third-order valence-corrected chi connectivity index (χ3v) is 2.18. The van der Waals surface area contributed by atoms with Crippen LogP contribution in [0.4, 0.5) is 0 Å². The number of nitrogens with one attached hydrogen (secondary N) is 1. The van der Waals surface area contributed by atoms with Crippen LogP contribution in [0.3, 0.4) is 0 Å². The van der Waals surface area contributed by atoms with Gasteiger partial charge in [-0.1, -0.05) is 0 Å². The lowest BCUT2D eigenvalue weighted by atomic mass is 10.1. The number of carbonyl (C=O) groups excluding carboxylic acids is 2. The van der Waals surface area contributed by atoms with Crippen molar-refractivity contribution in [3.8, 4) is 0 Å². The third kappa shape index (κ3) is 3.58. The molecule has 16 heavy (non-hydrogen) atoms. The molecule has 0 aliphatic rings. The SMILES string of the molecule is COC(=O)CC(NC(=O)CCl)c1ccco1. The van der Waals surface area contributed by atoms with E-state index in [2.05, 4.69) is 10.1 Å². The van der Waals surface area contributed by atoms with Crippen LogP contribution in [0, 0.1) is 0 Å². The van der Waals surface area contributed by atoms with E-state index < -0.39 is 12.0 Å². The van der Waals surface area contributed by atoms with Gasteiger partial charge < -0.3 is 14.5 Å². The van der Waals surface area contributed by atoms with Crippen LogP contribution >= 0.6 is 11.6 Å². The highest BCUT2D eigenvalue weighted by molar-refractivity contribution is 6.27. The topological polar surface area (TPSA) is 68.5 Å². The maximum Gasteiger partial charge on any atom is 0.308 e. The first-order valence-corrected chi connectivity index (χ1v) is 5.16. The Labute approximate surface area is 97.7 Å². The summed E-state index contributed by atoms with van der Waals surface area (Å²) in [7, 11) is 1.28. The molecule has 5 nitrogen and oxygen atoms in total. The Hall–Kier alpha value is -1.49. The minimum atomic E-state index is -0.548. The van der Waals surface area contributed by atoms with Gasteiger partial charge in [-0.15, -0.1) is 11.6 Å². The highest BCUT2D eigenvalue weighted by Gasteiger charge is 2.20. The maximum absolute atomic E-state index is 11.2. The van der Waals surface area contributed by atoms with Gasteiger partial charge in [-0.05, 0) is 12.1 Å². The number of methoxy groups -OCH3 is 1. The summed E-state index contributed by atoms with van der Waals surface area (Å²) in [6.45, 7) is 0. The molecule has 0 bridgehead atoms. The molecule has 1 unspecified atom stereocenters. The predicted octanol–water partition coefficient (Wildman–Crippen LogP) is 1.24. The summed E-state index contributed by atoms with van der Waals surface area (Å²) in [6.07, 6.45) is 1.47. The molecule has 0 saturated carbocycles. The van der Waals surface area contributed by atoms with Crippen LogP contribution in [-0.2, 0) is 14.3 Å². The number of ether oxygens (including phenoxy) is 1. The third-order valence-electron chi connectivity index (χ3n) is 1.94. The standard InChI is InChI=1S/C10H12ClNO4/c1-15-10(14)5-7(12-9(13)6-11)8-3-2-4-16-8/h2-4,7H,5-6H2,1H3,(H,12,13). The Morgan fingerprint density at radius 3 is 2.88 bits per heavy atom. The molecule has 0 spiro atoms. The lowest BCUT2D eigenvalue weighted by Gasteiger charge is -2.14. The van der Waals surface area contributed by atoms with E-state index in [0.29, 0.717) is 5.76 Å². The number of rotatable bonds is 5. The Bertz CT molecular complexity index is 332. The van der Waals surface area contributed by atoms with E-state index in [-0.39, 0.29) is 18.2 Å². The van der Waals surface area contributed by atoms with Crippen LogP contribution in [0.15, 0.2) is 22.8 Å². The second-order valence-electron chi connectivity index (χ2n) is 3.05. The van der Waals surface area contributed by atoms with Crippen molar-refractivity contribution in [2.24, 2.45) is 0 Å². The lowest BCUT2D eigenvalue weighted by molar-refractivity contribution is -0.141. The highest BCUT2D eigenvalue weighted by Crippen LogP contribution is 2.17. The van der Waals surface area contributed by atoms with Crippen LogP contribution < -0.4 is 5.32 Å². The Kier molecular flexibility index (Phi) is 4.85. The fourth-order valence-electron chi connectivity index (χ4n) is 1.20. The first-order chi connectivity index (χ1) is 7.67. The molecule has 0 aliphatic carbocycles. The summed E-state index contributed by atoms with van der Waals surface area (Å²) >= 11 is 5.37. The van der Waals surface area contributed by atoms with Crippen molar-refractivity contribution < 1.29 is 18.7 Å². The van der Waals surface area contributed by atoms with Gasteiger partial charge in [0.1, 0.15) is 11.6 Å². The zero-order chi connectivity index (χ0) is 12.0. The molecule has 0 saturated heterocycles. The van der Waals surface area contributed by atoms with Gasteiger partial charge >= 0.3 is 5.97 Å². The summed E-state index contributed by atoms with van der Waals surface area (Å²) in [4.78, 5) is 22.3. The van der Waals surface area contributed by atoms with Gasteiger partial charge in [0.2, 0.25) is 5.91 Å². The summed E-state index contributed by atoms with van der Waals surface area (Å²) in [5.74, 6) is -0.481. The molecule has 1 aromatic rings. The average molecular weight is 246 g/mol. The van der Waals surface area contributed by atoms with E-state index in [9.17, 15) is 9.59 Å². The molecule has 88 valence electrons. The Balaban J connectivity index is 2.69. The van der Waals surface area contributed by atoms with Crippen molar-refractivity contribution >= 4 is 23.5 Å². The van der Waals surface area contributed by atoms with Crippen LogP contribution in [0.25, 0.3) is 0 Å². The summed E-state index contributed by atoms with van der Waals surface area (Å²) in [5.41, 5.74) is 0. The molecule has 0 radical (unpaired) electrons. The number of hydrogen-bond donors (Lipinski definition) is 1.